The number of anilines is 1. The van der Waals surface area contributed by atoms with E-state index in [1.54, 1.807) is 12.3 Å². The molecule has 1 unspecified atom stereocenters. The van der Waals surface area contributed by atoms with Crippen LogP contribution in [0.15, 0.2) is 46.0 Å². The summed E-state index contributed by atoms with van der Waals surface area (Å²) in [6.45, 7) is 1.65. The van der Waals surface area contributed by atoms with E-state index in [1.165, 1.54) is 12.8 Å². The van der Waals surface area contributed by atoms with E-state index in [0.29, 0.717) is 48.3 Å². The number of nitrogens with one attached hydrogen (secondary N) is 3. The van der Waals surface area contributed by atoms with E-state index in [9.17, 15) is 0 Å². The topological polar surface area (TPSA) is 126 Å². The standard InChI is InChI=1S/C23H29N9O2/c1-32(2)9-10-33-22-13-20(26-21-12-18(29-30-21)15-6-7-15)27-23(28-22)25-14-16-11-19(31-34-16)17-5-3-4-8-24-17/h3-5,8,11,13,15,18,29H,6-7,9-10,12,14H2,1-2H3,(H2,25,26,27,28,30). The predicted molar refractivity (Wildman–Crippen MR) is 128 cm³/mol. The first-order chi connectivity index (χ1) is 16.6. The van der Waals surface area contributed by atoms with Gasteiger partial charge >= 0.3 is 0 Å². The summed E-state index contributed by atoms with van der Waals surface area (Å²) in [6.07, 6.45) is 5.15. The molecule has 11 heteroatoms. The van der Waals surface area contributed by atoms with Gasteiger partial charge in [-0.05, 0) is 45.0 Å². The van der Waals surface area contributed by atoms with Crippen molar-refractivity contribution in [3.63, 3.8) is 0 Å². The number of nitrogens with zero attached hydrogens (tertiary/aromatic N) is 6. The van der Waals surface area contributed by atoms with Crippen LogP contribution >= 0.6 is 0 Å². The lowest BCUT2D eigenvalue weighted by Gasteiger charge is -2.12. The molecule has 3 N–H and O–H groups in total. The molecule has 1 atom stereocenters. The average molecular weight is 464 g/mol. The first-order valence-electron chi connectivity index (χ1n) is 11.5. The highest BCUT2D eigenvalue weighted by Crippen LogP contribution is 2.35. The highest BCUT2D eigenvalue weighted by molar-refractivity contribution is 5.86. The molecule has 0 bridgehead atoms. The van der Waals surface area contributed by atoms with Crippen LogP contribution in [-0.4, -0.2) is 64.1 Å². The summed E-state index contributed by atoms with van der Waals surface area (Å²) < 4.78 is 11.3. The molecule has 3 aromatic heterocycles. The Morgan fingerprint density at radius 2 is 2.12 bits per heavy atom. The quantitative estimate of drug-likeness (QED) is 0.413. The molecule has 1 saturated carbocycles. The zero-order valence-corrected chi connectivity index (χ0v) is 19.4. The fraction of sp³-hybridized carbons (Fsp3) is 0.435. The Bertz CT molecular complexity index is 1130. The van der Waals surface area contributed by atoms with Crippen molar-refractivity contribution in [3.8, 4) is 17.3 Å². The molecule has 0 amide bonds. The van der Waals surface area contributed by atoms with Crippen LogP contribution in [0.2, 0.25) is 0 Å². The van der Waals surface area contributed by atoms with Crippen molar-refractivity contribution in [3.05, 3.63) is 42.3 Å². The van der Waals surface area contributed by atoms with E-state index < -0.39 is 0 Å². The minimum atomic E-state index is 0.362. The monoisotopic (exact) mass is 463 g/mol. The molecular weight excluding hydrogens is 434 g/mol. The summed E-state index contributed by atoms with van der Waals surface area (Å²) >= 11 is 0. The smallest absolute Gasteiger partial charge is 0.228 e. The fourth-order valence-electron chi connectivity index (χ4n) is 3.63. The lowest BCUT2D eigenvalue weighted by molar-refractivity contribution is 0.254. The van der Waals surface area contributed by atoms with Crippen molar-refractivity contribution in [1.82, 2.24) is 35.9 Å². The van der Waals surface area contributed by atoms with Gasteiger partial charge in [0.25, 0.3) is 0 Å². The van der Waals surface area contributed by atoms with E-state index in [-0.39, 0.29) is 0 Å². The summed E-state index contributed by atoms with van der Waals surface area (Å²) in [5.41, 5.74) is 7.95. The van der Waals surface area contributed by atoms with Crippen molar-refractivity contribution in [1.29, 1.82) is 0 Å². The van der Waals surface area contributed by atoms with Crippen LogP contribution in [0.5, 0.6) is 5.88 Å². The largest absolute Gasteiger partial charge is 0.476 e. The zero-order valence-electron chi connectivity index (χ0n) is 19.4. The predicted octanol–water partition coefficient (Wildman–Crippen LogP) is 2.39. The summed E-state index contributed by atoms with van der Waals surface area (Å²) in [5.74, 6) is 3.66. The molecule has 178 valence electrons. The van der Waals surface area contributed by atoms with Gasteiger partial charge in [0.05, 0.1) is 12.2 Å². The number of aliphatic imine (C=N–C) groups is 1. The number of aromatic nitrogens is 4. The van der Waals surface area contributed by atoms with E-state index in [4.69, 9.17) is 14.3 Å². The van der Waals surface area contributed by atoms with Crippen molar-refractivity contribution in [2.75, 3.05) is 32.6 Å². The third-order valence-corrected chi connectivity index (χ3v) is 5.64. The van der Waals surface area contributed by atoms with Gasteiger partial charge in [-0.1, -0.05) is 11.2 Å². The second kappa shape index (κ2) is 10.1. The molecule has 1 aliphatic heterocycles. The zero-order chi connectivity index (χ0) is 23.3. The number of hydrazine groups is 1. The minimum absolute atomic E-state index is 0.362. The molecule has 1 saturated heterocycles. The summed E-state index contributed by atoms with van der Waals surface area (Å²) in [7, 11) is 4.00. The van der Waals surface area contributed by atoms with Gasteiger partial charge in [0, 0.05) is 37.3 Å². The van der Waals surface area contributed by atoms with Gasteiger partial charge in [-0.15, -0.1) is 0 Å². The van der Waals surface area contributed by atoms with Gasteiger partial charge in [-0.25, -0.2) is 10.4 Å². The van der Waals surface area contributed by atoms with Gasteiger partial charge in [-0.2, -0.15) is 9.97 Å². The summed E-state index contributed by atoms with van der Waals surface area (Å²) in [6, 6.07) is 9.70. The third kappa shape index (κ3) is 5.86. The molecule has 0 aromatic carbocycles. The number of rotatable bonds is 10. The number of amidine groups is 1. The van der Waals surface area contributed by atoms with Crippen LogP contribution in [0.25, 0.3) is 11.4 Å². The van der Waals surface area contributed by atoms with E-state index in [1.807, 2.05) is 38.4 Å². The average Bonchev–Trinajstić information content (AvgIpc) is 3.39. The Kier molecular flexibility index (Phi) is 6.63. The molecule has 4 heterocycles. The van der Waals surface area contributed by atoms with Crippen molar-refractivity contribution < 1.29 is 9.26 Å². The number of ether oxygens (including phenoxy) is 1. The van der Waals surface area contributed by atoms with Crippen molar-refractivity contribution >= 4 is 17.6 Å². The van der Waals surface area contributed by atoms with E-state index >= 15 is 0 Å². The normalized spacial score (nSPS) is 18.9. The Balaban J connectivity index is 1.29. The maximum absolute atomic E-state index is 5.86. The molecule has 3 aromatic rings. The maximum atomic E-state index is 5.86. The summed E-state index contributed by atoms with van der Waals surface area (Å²) in [4.78, 5) is 20.1. The summed E-state index contributed by atoms with van der Waals surface area (Å²) in [5, 5.41) is 7.30. The number of likely N-dealkylation sites (N-methyl/N-ethyl adjacent to an activating group) is 1. The van der Waals surface area contributed by atoms with Crippen LogP contribution in [0.4, 0.5) is 11.8 Å². The fourth-order valence-corrected chi connectivity index (χ4v) is 3.63. The van der Waals surface area contributed by atoms with Crippen LogP contribution < -0.4 is 20.9 Å². The van der Waals surface area contributed by atoms with Crippen LogP contribution in [0.3, 0.4) is 0 Å². The van der Waals surface area contributed by atoms with Gasteiger partial charge in [0.2, 0.25) is 11.8 Å². The van der Waals surface area contributed by atoms with Gasteiger partial charge < -0.3 is 24.9 Å². The molecule has 2 fully saturated rings. The molecule has 5 rings (SSSR count). The van der Waals surface area contributed by atoms with Gasteiger partial charge in [0.15, 0.2) is 11.6 Å². The molecule has 34 heavy (non-hydrogen) atoms. The van der Waals surface area contributed by atoms with Crippen LogP contribution in [0.1, 0.15) is 25.0 Å². The Labute approximate surface area is 198 Å². The Morgan fingerprint density at radius 1 is 1.21 bits per heavy atom. The first kappa shape index (κ1) is 22.2. The van der Waals surface area contributed by atoms with Crippen LogP contribution in [-0.2, 0) is 6.54 Å². The lowest BCUT2D eigenvalue weighted by Crippen LogP contribution is -2.32. The van der Waals surface area contributed by atoms with Gasteiger partial charge in [0.1, 0.15) is 18.1 Å². The number of pyridine rings is 1. The third-order valence-electron chi connectivity index (χ3n) is 5.64. The Hall–Kier alpha value is -3.57. The molecule has 1 aliphatic carbocycles. The Morgan fingerprint density at radius 3 is 2.91 bits per heavy atom. The van der Waals surface area contributed by atoms with E-state index in [2.05, 4.69) is 41.2 Å². The van der Waals surface area contributed by atoms with E-state index in [0.717, 1.165) is 30.4 Å². The number of hydrogen-bond donors (Lipinski definition) is 3. The molecular formula is C23H29N9O2. The molecule has 11 nitrogen and oxygen atoms in total. The van der Waals surface area contributed by atoms with Crippen molar-refractivity contribution in [2.45, 2.75) is 31.8 Å². The van der Waals surface area contributed by atoms with Crippen molar-refractivity contribution in [2.24, 2.45) is 10.9 Å². The highest BCUT2D eigenvalue weighted by atomic mass is 16.5. The first-order valence-corrected chi connectivity index (χ1v) is 11.5. The lowest BCUT2D eigenvalue weighted by atomic mass is 10.1. The number of hydrogen-bond acceptors (Lipinski definition) is 10. The van der Waals surface area contributed by atoms with Gasteiger partial charge in [-0.3, -0.25) is 4.98 Å². The maximum Gasteiger partial charge on any atom is 0.228 e. The molecule has 0 spiro atoms. The molecule has 0 radical (unpaired) electrons. The SMILES string of the molecule is CN(C)CCOc1cc(/N=C2\CC(C3CC3)NN2)nc(NCc2cc(-c3ccccn3)no2)n1. The van der Waals surface area contributed by atoms with Crippen LogP contribution in [0, 0.1) is 5.92 Å². The minimum Gasteiger partial charge on any atom is -0.476 e. The molecule has 2 aliphatic rings. The second-order valence-electron chi connectivity index (χ2n) is 8.76. The highest BCUT2D eigenvalue weighted by Gasteiger charge is 2.35. The second-order valence-corrected chi connectivity index (χ2v) is 8.76.